The number of likely N-dealkylation sites (tertiary alicyclic amines) is 1. The highest BCUT2D eigenvalue weighted by molar-refractivity contribution is 6.05. The lowest BCUT2D eigenvalue weighted by molar-refractivity contribution is -0.169. The Morgan fingerprint density at radius 1 is 1.12 bits per heavy atom. The fraction of sp³-hybridized carbons (Fsp3) is 0.318. The van der Waals surface area contributed by atoms with Crippen LogP contribution < -0.4 is 16.4 Å². The van der Waals surface area contributed by atoms with E-state index in [4.69, 9.17) is 5.73 Å². The van der Waals surface area contributed by atoms with E-state index in [0.29, 0.717) is 17.8 Å². The number of hydrogen-bond donors (Lipinski definition) is 3. The summed E-state index contributed by atoms with van der Waals surface area (Å²) < 4.78 is 37.0. The van der Waals surface area contributed by atoms with Crippen molar-refractivity contribution < 1.29 is 27.6 Å². The van der Waals surface area contributed by atoms with E-state index >= 15 is 0 Å². The first-order valence-corrected chi connectivity index (χ1v) is 10.5. The number of halogens is 3. The van der Waals surface area contributed by atoms with Gasteiger partial charge >= 0.3 is 18.1 Å². The number of aliphatic imine (C=N–C) groups is 1. The zero-order valence-electron chi connectivity index (χ0n) is 18.0. The van der Waals surface area contributed by atoms with Gasteiger partial charge in [0.2, 0.25) is 0 Å². The number of anilines is 1. The van der Waals surface area contributed by atoms with Crippen molar-refractivity contribution in [3.05, 3.63) is 59.9 Å². The molecule has 2 heterocycles. The molecule has 0 saturated carbocycles. The summed E-state index contributed by atoms with van der Waals surface area (Å²) in [4.78, 5) is 44.5. The normalized spacial score (nSPS) is 16.6. The van der Waals surface area contributed by atoms with E-state index in [-0.39, 0.29) is 30.1 Å². The molecule has 1 atom stereocenters. The number of pyridine rings is 1. The predicted molar refractivity (Wildman–Crippen MR) is 118 cm³/mol. The highest BCUT2D eigenvalue weighted by Gasteiger charge is 2.38. The van der Waals surface area contributed by atoms with Crippen LogP contribution in [0.25, 0.3) is 0 Å². The van der Waals surface area contributed by atoms with Crippen molar-refractivity contribution in [1.82, 2.24) is 15.2 Å². The molecular weight excluding hydrogens is 453 g/mol. The maximum atomic E-state index is 12.8. The van der Waals surface area contributed by atoms with Crippen LogP contribution in [0.5, 0.6) is 0 Å². The summed E-state index contributed by atoms with van der Waals surface area (Å²) in [7, 11) is 0. The van der Waals surface area contributed by atoms with E-state index in [2.05, 4.69) is 20.6 Å². The molecule has 1 aromatic heterocycles. The van der Waals surface area contributed by atoms with Crippen molar-refractivity contribution in [2.24, 2.45) is 10.7 Å². The molecule has 1 saturated heterocycles. The Kier molecular flexibility index (Phi) is 7.82. The van der Waals surface area contributed by atoms with Crippen LogP contribution in [-0.4, -0.2) is 58.9 Å². The molecular formula is C22H23F3N6O3. The van der Waals surface area contributed by atoms with E-state index in [1.54, 1.807) is 23.2 Å². The smallest absolute Gasteiger partial charge is 0.383 e. The maximum Gasteiger partial charge on any atom is 0.473 e. The van der Waals surface area contributed by atoms with Crippen molar-refractivity contribution in [2.75, 3.05) is 18.4 Å². The van der Waals surface area contributed by atoms with Gasteiger partial charge in [-0.2, -0.15) is 18.2 Å². The molecule has 1 aromatic carbocycles. The van der Waals surface area contributed by atoms with Crippen molar-refractivity contribution >= 4 is 29.4 Å². The Morgan fingerprint density at radius 3 is 2.50 bits per heavy atom. The van der Waals surface area contributed by atoms with Gasteiger partial charge in [-0.15, -0.1) is 0 Å². The van der Waals surface area contributed by atoms with Gasteiger partial charge in [0.25, 0.3) is 5.91 Å². The van der Waals surface area contributed by atoms with Gasteiger partial charge in [-0.05, 0) is 55.7 Å². The minimum Gasteiger partial charge on any atom is -0.383 e. The fourth-order valence-electron chi connectivity index (χ4n) is 3.45. The van der Waals surface area contributed by atoms with Crippen molar-refractivity contribution in [1.29, 1.82) is 0 Å². The summed E-state index contributed by atoms with van der Waals surface area (Å²) in [5.41, 5.74) is 6.38. The van der Waals surface area contributed by atoms with E-state index in [0.717, 1.165) is 19.3 Å². The summed E-state index contributed by atoms with van der Waals surface area (Å²) in [6.45, 7) is 0.789. The number of amidine groups is 1. The SMILES string of the molecule is NC(=NC(=O)C(F)(F)F)c1ccc(NC(=O)N2CCCCC2CNC(=O)c2cccnc2)cc1. The van der Waals surface area contributed by atoms with Gasteiger partial charge < -0.3 is 21.3 Å². The number of nitrogens with zero attached hydrogens (tertiary/aromatic N) is 3. The first-order valence-electron chi connectivity index (χ1n) is 10.5. The number of carbonyl (C=O) groups excluding carboxylic acids is 3. The number of hydrogen-bond acceptors (Lipinski definition) is 4. The molecule has 2 aromatic rings. The van der Waals surface area contributed by atoms with Gasteiger partial charge in [-0.25, -0.2) is 4.79 Å². The molecule has 9 nitrogen and oxygen atoms in total. The number of rotatable bonds is 5. The van der Waals surface area contributed by atoms with Gasteiger partial charge in [0.05, 0.1) is 11.6 Å². The summed E-state index contributed by atoms with van der Waals surface area (Å²) in [5, 5.41) is 5.56. The van der Waals surface area contributed by atoms with Gasteiger partial charge in [0.1, 0.15) is 5.84 Å². The Balaban J connectivity index is 1.60. The molecule has 1 unspecified atom stereocenters. The highest BCUT2D eigenvalue weighted by Crippen LogP contribution is 2.20. The van der Waals surface area contributed by atoms with Crippen LogP contribution in [0.1, 0.15) is 35.2 Å². The molecule has 0 bridgehead atoms. The van der Waals surface area contributed by atoms with E-state index in [1.807, 2.05) is 0 Å². The second kappa shape index (κ2) is 10.8. The Bertz CT molecular complexity index is 1060. The molecule has 34 heavy (non-hydrogen) atoms. The molecule has 0 spiro atoms. The second-order valence-corrected chi connectivity index (χ2v) is 7.60. The molecule has 1 fully saturated rings. The quantitative estimate of drug-likeness (QED) is 0.451. The largest absolute Gasteiger partial charge is 0.473 e. The number of aromatic nitrogens is 1. The lowest BCUT2D eigenvalue weighted by Gasteiger charge is -2.35. The number of alkyl halides is 3. The fourth-order valence-corrected chi connectivity index (χ4v) is 3.45. The zero-order chi connectivity index (χ0) is 24.7. The van der Waals surface area contributed by atoms with Gasteiger partial charge in [-0.3, -0.25) is 14.6 Å². The van der Waals surface area contributed by atoms with Crippen LogP contribution in [0.3, 0.4) is 0 Å². The Labute approximate surface area is 193 Å². The molecule has 0 aliphatic carbocycles. The van der Waals surface area contributed by atoms with Crippen LogP contribution in [0.2, 0.25) is 0 Å². The van der Waals surface area contributed by atoms with Gasteiger partial charge in [0, 0.05) is 36.7 Å². The summed E-state index contributed by atoms with van der Waals surface area (Å²) in [6.07, 6.45) is 0.377. The summed E-state index contributed by atoms with van der Waals surface area (Å²) in [6, 6.07) is 8.31. The molecule has 3 rings (SSSR count). The van der Waals surface area contributed by atoms with Crippen LogP contribution >= 0.6 is 0 Å². The average molecular weight is 476 g/mol. The number of nitrogens with two attached hydrogens (primary N) is 1. The Morgan fingerprint density at radius 2 is 1.85 bits per heavy atom. The predicted octanol–water partition coefficient (Wildman–Crippen LogP) is 2.69. The molecule has 180 valence electrons. The number of carbonyl (C=O) groups is 3. The van der Waals surface area contributed by atoms with Gasteiger partial charge in [0.15, 0.2) is 0 Å². The monoisotopic (exact) mass is 476 g/mol. The topological polar surface area (TPSA) is 130 Å². The third kappa shape index (κ3) is 6.53. The first-order chi connectivity index (χ1) is 16.1. The number of piperidine rings is 1. The molecule has 0 radical (unpaired) electrons. The van der Waals surface area contributed by atoms with E-state index in [1.165, 1.54) is 30.5 Å². The van der Waals surface area contributed by atoms with E-state index < -0.39 is 17.9 Å². The maximum absolute atomic E-state index is 12.8. The number of amides is 4. The van der Waals surface area contributed by atoms with Crippen molar-refractivity contribution in [3.63, 3.8) is 0 Å². The summed E-state index contributed by atoms with van der Waals surface area (Å²) in [5.74, 6) is -3.16. The van der Waals surface area contributed by atoms with E-state index in [9.17, 15) is 27.6 Å². The van der Waals surface area contributed by atoms with Crippen LogP contribution in [0.15, 0.2) is 53.8 Å². The third-order valence-corrected chi connectivity index (χ3v) is 5.21. The molecule has 4 amide bonds. The first kappa shape index (κ1) is 24.7. The number of benzene rings is 1. The van der Waals surface area contributed by atoms with Crippen LogP contribution in [0, 0.1) is 0 Å². The molecule has 1 aliphatic rings. The number of nitrogens with one attached hydrogen (secondary N) is 2. The van der Waals surface area contributed by atoms with Crippen LogP contribution in [0.4, 0.5) is 23.7 Å². The second-order valence-electron chi connectivity index (χ2n) is 7.60. The zero-order valence-corrected chi connectivity index (χ0v) is 18.0. The highest BCUT2D eigenvalue weighted by atomic mass is 19.4. The van der Waals surface area contributed by atoms with Crippen LogP contribution in [-0.2, 0) is 4.79 Å². The average Bonchev–Trinajstić information content (AvgIpc) is 2.83. The Hall–Kier alpha value is -3.96. The van der Waals surface area contributed by atoms with Crippen molar-refractivity contribution in [3.8, 4) is 0 Å². The molecule has 1 aliphatic heterocycles. The van der Waals surface area contributed by atoms with Crippen molar-refractivity contribution in [2.45, 2.75) is 31.5 Å². The van der Waals surface area contributed by atoms with Gasteiger partial charge in [-0.1, -0.05) is 0 Å². The molecule has 4 N–H and O–H groups in total. The minimum absolute atomic E-state index is 0.101. The lowest BCUT2D eigenvalue weighted by Crippen LogP contribution is -2.50. The minimum atomic E-state index is -5.11. The lowest BCUT2D eigenvalue weighted by atomic mass is 10.0. The third-order valence-electron chi connectivity index (χ3n) is 5.21. The standard InChI is InChI=1S/C22H23F3N6O3/c23-22(24,25)20(33)30-18(26)14-6-8-16(9-7-14)29-21(34)31-11-2-1-5-17(31)13-28-19(32)15-4-3-10-27-12-15/h3-4,6-10,12,17H,1-2,5,11,13H2,(H,28,32)(H,29,34)(H2,26,30,33). The number of urea groups is 1. The molecule has 12 heteroatoms. The summed E-state index contributed by atoms with van der Waals surface area (Å²) >= 11 is 0.